The van der Waals surface area contributed by atoms with Crippen molar-refractivity contribution in [1.29, 1.82) is 0 Å². The van der Waals surface area contributed by atoms with E-state index in [0.717, 1.165) is 5.56 Å². The van der Waals surface area contributed by atoms with Crippen LogP contribution in [-0.2, 0) is 20.7 Å². The van der Waals surface area contributed by atoms with Crippen molar-refractivity contribution >= 4 is 23.4 Å². The number of hydrogen-bond donors (Lipinski definition) is 2. The fourth-order valence-corrected chi connectivity index (χ4v) is 1.64. The van der Waals surface area contributed by atoms with E-state index in [1.54, 1.807) is 31.2 Å². The predicted molar refractivity (Wildman–Crippen MR) is 72.8 cm³/mol. The van der Waals surface area contributed by atoms with Crippen molar-refractivity contribution < 1.29 is 14.3 Å². The molecule has 2 amide bonds. The molecule has 6 heteroatoms. The number of amides is 2. The molecule has 0 aliphatic rings. The van der Waals surface area contributed by atoms with Gasteiger partial charge in [0.2, 0.25) is 11.8 Å². The molecule has 0 saturated carbocycles. The van der Waals surface area contributed by atoms with Crippen LogP contribution in [0.15, 0.2) is 24.3 Å². The first-order valence-electron chi connectivity index (χ1n) is 5.93. The van der Waals surface area contributed by atoms with E-state index in [1.807, 2.05) is 0 Å². The Labute approximate surface area is 117 Å². The SMILES string of the molecule is CCOCC(=O)N[C@@H](Cc1ccc(Cl)cc1)C(N)=O. The first kappa shape index (κ1) is 15.5. The van der Waals surface area contributed by atoms with Crippen molar-refractivity contribution in [3.05, 3.63) is 34.9 Å². The lowest BCUT2D eigenvalue weighted by atomic mass is 10.1. The number of carbonyl (C=O) groups excluding carboxylic acids is 2. The van der Waals surface area contributed by atoms with E-state index in [0.29, 0.717) is 18.1 Å². The zero-order valence-electron chi connectivity index (χ0n) is 10.7. The van der Waals surface area contributed by atoms with Crippen LogP contribution in [0.5, 0.6) is 0 Å². The third-order valence-corrected chi connectivity index (χ3v) is 2.72. The monoisotopic (exact) mass is 284 g/mol. The van der Waals surface area contributed by atoms with E-state index in [4.69, 9.17) is 22.1 Å². The largest absolute Gasteiger partial charge is 0.372 e. The second-order valence-corrected chi connectivity index (χ2v) is 4.43. The van der Waals surface area contributed by atoms with Crippen molar-refractivity contribution in [1.82, 2.24) is 5.32 Å². The number of nitrogens with one attached hydrogen (secondary N) is 1. The molecular formula is C13H17ClN2O3. The van der Waals surface area contributed by atoms with Gasteiger partial charge in [0.25, 0.3) is 0 Å². The maximum absolute atomic E-state index is 11.5. The highest BCUT2D eigenvalue weighted by Crippen LogP contribution is 2.11. The van der Waals surface area contributed by atoms with E-state index in [2.05, 4.69) is 5.32 Å². The number of carbonyl (C=O) groups is 2. The minimum atomic E-state index is -0.755. The van der Waals surface area contributed by atoms with Crippen LogP contribution in [0.1, 0.15) is 12.5 Å². The van der Waals surface area contributed by atoms with Gasteiger partial charge in [-0.1, -0.05) is 23.7 Å². The van der Waals surface area contributed by atoms with Gasteiger partial charge in [0.15, 0.2) is 0 Å². The number of rotatable bonds is 7. The summed E-state index contributed by atoms with van der Waals surface area (Å²) < 4.78 is 4.96. The fraction of sp³-hybridized carbons (Fsp3) is 0.385. The average Bonchev–Trinajstić information content (AvgIpc) is 2.38. The minimum absolute atomic E-state index is 0.0824. The van der Waals surface area contributed by atoms with Gasteiger partial charge in [0.1, 0.15) is 12.6 Å². The van der Waals surface area contributed by atoms with Gasteiger partial charge in [-0.15, -0.1) is 0 Å². The Morgan fingerprint density at radius 3 is 2.53 bits per heavy atom. The van der Waals surface area contributed by atoms with Gasteiger partial charge < -0.3 is 15.8 Å². The van der Waals surface area contributed by atoms with Gasteiger partial charge in [-0.25, -0.2) is 0 Å². The highest BCUT2D eigenvalue weighted by atomic mass is 35.5. The van der Waals surface area contributed by atoms with Crippen molar-refractivity contribution in [3.8, 4) is 0 Å². The smallest absolute Gasteiger partial charge is 0.246 e. The number of nitrogens with two attached hydrogens (primary N) is 1. The minimum Gasteiger partial charge on any atom is -0.372 e. The summed E-state index contributed by atoms with van der Waals surface area (Å²) >= 11 is 5.77. The average molecular weight is 285 g/mol. The molecule has 19 heavy (non-hydrogen) atoms. The van der Waals surface area contributed by atoms with Crippen LogP contribution in [0, 0.1) is 0 Å². The molecule has 0 unspecified atom stereocenters. The summed E-state index contributed by atoms with van der Waals surface area (Å²) in [6, 6.07) is 6.25. The van der Waals surface area contributed by atoms with Gasteiger partial charge in [-0.05, 0) is 24.6 Å². The molecule has 1 atom stereocenters. The normalized spacial score (nSPS) is 11.9. The molecule has 5 nitrogen and oxygen atoms in total. The molecule has 0 spiro atoms. The lowest BCUT2D eigenvalue weighted by Crippen LogP contribution is -2.47. The zero-order valence-corrected chi connectivity index (χ0v) is 11.4. The third kappa shape index (κ3) is 5.72. The van der Waals surface area contributed by atoms with Crippen LogP contribution < -0.4 is 11.1 Å². The third-order valence-electron chi connectivity index (χ3n) is 2.47. The van der Waals surface area contributed by atoms with E-state index in [1.165, 1.54) is 0 Å². The lowest BCUT2D eigenvalue weighted by molar-refractivity contribution is -0.130. The lowest BCUT2D eigenvalue weighted by Gasteiger charge is -2.15. The second kappa shape index (κ2) is 7.76. The topological polar surface area (TPSA) is 81.4 Å². The molecule has 0 fully saturated rings. The van der Waals surface area contributed by atoms with Crippen LogP contribution in [0.4, 0.5) is 0 Å². The first-order valence-corrected chi connectivity index (χ1v) is 6.31. The Kier molecular flexibility index (Phi) is 6.32. The van der Waals surface area contributed by atoms with Crippen molar-refractivity contribution in [3.63, 3.8) is 0 Å². The summed E-state index contributed by atoms with van der Waals surface area (Å²) in [5.41, 5.74) is 6.14. The van der Waals surface area contributed by atoms with Gasteiger partial charge in [0.05, 0.1) is 0 Å². The number of benzene rings is 1. The molecule has 1 aromatic carbocycles. The van der Waals surface area contributed by atoms with Gasteiger partial charge >= 0.3 is 0 Å². The van der Waals surface area contributed by atoms with Crippen molar-refractivity contribution in [2.75, 3.05) is 13.2 Å². The first-order chi connectivity index (χ1) is 9.02. The molecule has 0 aromatic heterocycles. The fourth-order valence-electron chi connectivity index (χ4n) is 1.51. The summed E-state index contributed by atoms with van der Waals surface area (Å²) in [4.78, 5) is 22.8. The number of halogens is 1. The predicted octanol–water partition coefficient (Wildman–Crippen LogP) is 0.889. The molecule has 0 heterocycles. The summed E-state index contributed by atoms with van der Waals surface area (Å²) in [6.45, 7) is 2.14. The summed E-state index contributed by atoms with van der Waals surface area (Å²) in [6.07, 6.45) is 0.324. The molecule has 1 aromatic rings. The molecule has 1 rings (SSSR count). The van der Waals surface area contributed by atoms with Gasteiger partial charge in [-0.3, -0.25) is 9.59 Å². The molecular weight excluding hydrogens is 268 g/mol. The maximum atomic E-state index is 11.5. The van der Waals surface area contributed by atoms with E-state index in [-0.39, 0.29) is 12.5 Å². The maximum Gasteiger partial charge on any atom is 0.246 e. The van der Waals surface area contributed by atoms with Crippen LogP contribution >= 0.6 is 11.6 Å². The standard InChI is InChI=1S/C13H17ClN2O3/c1-2-19-8-12(17)16-11(13(15)18)7-9-3-5-10(14)6-4-9/h3-6,11H,2,7-8H2,1H3,(H2,15,18)(H,16,17)/t11-/m0/s1. The quantitative estimate of drug-likeness (QED) is 0.780. The Morgan fingerprint density at radius 2 is 2.00 bits per heavy atom. The molecule has 0 aliphatic heterocycles. The Bertz CT molecular complexity index is 434. The zero-order chi connectivity index (χ0) is 14.3. The molecule has 104 valence electrons. The summed E-state index contributed by atoms with van der Waals surface area (Å²) in [7, 11) is 0. The van der Waals surface area contributed by atoms with Crippen LogP contribution in [0.3, 0.4) is 0 Å². The Hall–Kier alpha value is -1.59. The molecule has 0 aliphatic carbocycles. The van der Waals surface area contributed by atoms with E-state index >= 15 is 0 Å². The Balaban J connectivity index is 2.60. The van der Waals surface area contributed by atoms with Gasteiger partial charge in [0, 0.05) is 18.1 Å². The second-order valence-electron chi connectivity index (χ2n) is 3.99. The van der Waals surface area contributed by atoms with Crippen LogP contribution in [-0.4, -0.2) is 31.1 Å². The summed E-state index contributed by atoms with van der Waals surface area (Å²) in [5.74, 6) is -0.945. The van der Waals surface area contributed by atoms with E-state index < -0.39 is 11.9 Å². The van der Waals surface area contributed by atoms with Crippen LogP contribution in [0.2, 0.25) is 5.02 Å². The van der Waals surface area contributed by atoms with Gasteiger partial charge in [-0.2, -0.15) is 0 Å². The summed E-state index contributed by atoms with van der Waals surface area (Å²) in [5, 5.41) is 3.15. The van der Waals surface area contributed by atoms with Crippen molar-refractivity contribution in [2.45, 2.75) is 19.4 Å². The molecule has 0 bridgehead atoms. The highest BCUT2D eigenvalue weighted by Gasteiger charge is 2.18. The highest BCUT2D eigenvalue weighted by molar-refractivity contribution is 6.30. The number of hydrogen-bond acceptors (Lipinski definition) is 3. The van der Waals surface area contributed by atoms with E-state index in [9.17, 15) is 9.59 Å². The van der Waals surface area contributed by atoms with Crippen molar-refractivity contribution in [2.24, 2.45) is 5.73 Å². The number of primary amides is 1. The molecule has 0 saturated heterocycles. The Morgan fingerprint density at radius 1 is 1.37 bits per heavy atom. The number of ether oxygens (including phenoxy) is 1. The molecule has 3 N–H and O–H groups in total. The molecule has 0 radical (unpaired) electrons. The van der Waals surface area contributed by atoms with Crippen LogP contribution in [0.25, 0.3) is 0 Å².